The van der Waals surface area contributed by atoms with Crippen molar-refractivity contribution in [3.8, 4) is 0 Å². The SMILES string of the molecule is OCCn1cc(CN[C@H](CO)Cc2ccccc2)cn1. The van der Waals surface area contributed by atoms with Gasteiger partial charge < -0.3 is 15.5 Å². The Hall–Kier alpha value is -1.69. The van der Waals surface area contributed by atoms with E-state index in [-0.39, 0.29) is 19.3 Å². The minimum absolute atomic E-state index is 0.0265. The van der Waals surface area contributed by atoms with Crippen LogP contribution in [0.5, 0.6) is 0 Å². The molecule has 0 aliphatic heterocycles. The molecule has 108 valence electrons. The molecule has 0 fully saturated rings. The van der Waals surface area contributed by atoms with Crippen molar-refractivity contribution in [3.63, 3.8) is 0 Å². The average molecular weight is 275 g/mol. The molecule has 0 bridgehead atoms. The molecule has 0 amide bonds. The molecular formula is C15H21N3O2. The average Bonchev–Trinajstić information content (AvgIpc) is 2.92. The first-order valence-corrected chi connectivity index (χ1v) is 6.82. The van der Waals surface area contributed by atoms with Gasteiger partial charge in [-0.1, -0.05) is 30.3 Å². The van der Waals surface area contributed by atoms with Crippen molar-refractivity contribution in [3.05, 3.63) is 53.9 Å². The molecule has 2 rings (SSSR count). The third-order valence-corrected chi connectivity index (χ3v) is 3.16. The Kier molecular flexibility index (Phi) is 5.73. The maximum Gasteiger partial charge on any atom is 0.0640 e. The molecule has 1 atom stereocenters. The summed E-state index contributed by atoms with van der Waals surface area (Å²) in [6, 6.07) is 10.1. The highest BCUT2D eigenvalue weighted by atomic mass is 16.3. The number of nitrogens with one attached hydrogen (secondary N) is 1. The molecule has 1 heterocycles. The highest BCUT2D eigenvalue weighted by molar-refractivity contribution is 5.16. The smallest absolute Gasteiger partial charge is 0.0640 e. The number of aromatic nitrogens is 2. The van der Waals surface area contributed by atoms with E-state index >= 15 is 0 Å². The van der Waals surface area contributed by atoms with Crippen molar-refractivity contribution in [1.82, 2.24) is 15.1 Å². The number of benzene rings is 1. The standard InChI is InChI=1S/C15H21N3O2/c19-7-6-18-11-14(10-17-18)9-16-15(12-20)8-13-4-2-1-3-5-13/h1-5,10-11,15-16,19-20H,6-9,12H2/t15-/m0/s1. The zero-order valence-electron chi connectivity index (χ0n) is 11.4. The molecular weight excluding hydrogens is 254 g/mol. The van der Waals surface area contributed by atoms with Crippen molar-refractivity contribution < 1.29 is 10.2 Å². The number of aliphatic hydroxyl groups excluding tert-OH is 2. The van der Waals surface area contributed by atoms with E-state index in [0.717, 1.165) is 12.0 Å². The van der Waals surface area contributed by atoms with Gasteiger partial charge in [0.1, 0.15) is 0 Å². The Bertz CT molecular complexity index is 499. The van der Waals surface area contributed by atoms with Crippen LogP contribution < -0.4 is 5.32 Å². The van der Waals surface area contributed by atoms with Crippen molar-refractivity contribution in [2.45, 2.75) is 25.6 Å². The van der Waals surface area contributed by atoms with Crippen LogP contribution in [-0.4, -0.2) is 39.2 Å². The summed E-state index contributed by atoms with van der Waals surface area (Å²) in [5, 5.41) is 25.7. The van der Waals surface area contributed by atoms with Gasteiger partial charge in [-0.05, 0) is 12.0 Å². The van der Waals surface area contributed by atoms with Crippen LogP contribution >= 0.6 is 0 Å². The monoisotopic (exact) mass is 275 g/mol. The Morgan fingerprint density at radius 3 is 2.65 bits per heavy atom. The molecule has 5 heteroatoms. The van der Waals surface area contributed by atoms with Crippen LogP contribution in [0.2, 0.25) is 0 Å². The van der Waals surface area contributed by atoms with E-state index in [0.29, 0.717) is 13.1 Å². The summed E-state index contributed by atoms with van der Waals surface area (Å²) < 4.78 is 1.71. The number of hydrogen-bond acceptors (Lipinski definition) is 4. The predicted octanol–water partition coefficient (Wildman–Crippen LogP) is 0.569. The highest BCUT2D eigenvalue weighted by Gasteiger charge is 2.08. The summed E-state index contributed by atoms with van der Waals surface area (Å²) in [4.78, 5) is 0. The zero-order valence-corrected chi connectivity index (χ0v) is 11.4. The molecule has 0 aliphatic carbocycles. The van der Waals surface area contributed by atoms with E-state index in [1.165, 1.54) is 5.56 Å². The summed E-state index contributed by atoms with van der Waals surface area (Å²) in [5.74, 6) is 0. The van der Waals surface area contributed by atoms with Crippen LogP contribution in [0.15, 0.2) is 42.7 Å². The fourth-order valence-corrected chi connectivity index (χ4v) is 2.08. The van der Waals surface area contributed by atoms with Gasteiger partial charge in [-0.3, -0.25) is 4.68 Å². The fourth-order valence-electron chi connectivity index (χ4n) is 2.08. The maximum absolute atomic E-state index is 9.44. The molecule has 3 N–H and O–H groups in total. The third-order valence-electron chi connectivity index (χ3n) is 3.16. The molecule has 1 aromatic heterocycles. The molecule has 0 unspecified atom stereocenters. The minimum Gasteiger partial charge on any atom is -0.395 e. The van der Waals surface area contributed by atoms with Crippen LogP contribution in [0.1, 0.15) is 11.1 Å². The van der Waals surface area contributed by atoms with Crippen LogP contribution in [0.3, 0.4) is 0 Å². The van der Waals surface area contributed by atoms with Crippen molar-refractivity contribution in [2.24, 2.45) is 0 Å². The van der Waals surface area contributed by atoms with E-state index in [9.17, 15) is 5.11 Å². The molecule has 2 aromatic rings. The van der Waals surface area contributed by atoms with Gasteiger partial charge in [0, 0.05) is 24.3 Å². The topological polar surface area (TPSA) is 70.3 Å². The summed E-state index contributed by atoms with van der Waals surface area (Å²) in [7, 11) is 0. The van der Waals surface area contributed by atoms with Crippen LogP contribution in [0, 0.1) is 0 Å². The summed E-state index contributed by atoms with van der Waals surface area (Å²) in [6.45, 7) is 1.35. The third kappa shape index (κ3) is 4.45. The number of rotatable bonds is 8. The maximum atomic E-state index is 9.44. The second kappa shape index (κ2) is 7.79. The van der Waals surface area contributed by atoms with Crippen molar-refractivity contribution >= 4 is 0 Å². The van der Waals surface area contributed by atoms with Crippen LogP contribution in [0.4, 0.5) is 0 Å². The molecule has 0 aliphatic rings. The molecule has 0 saturated heterocycles. The second-order valence-corrected chi connectivity index (χ2v) is 4.79. The Labute approximate surface area is 118 Å². The van der Waals surface area contributed by atoms with Gasteiger partial charge in [0.05, 0.1) is 26.0 Å². The van der Waals surface area contributed by atoms with Crippen molar-refractivity contribution in [1.29, 1.82) is 0 Å². The summed E-state index contributed by atoms with van der Waals surface area (Å²) in [6.07, 6.45) is 4.47. The van der Waals surface area contributed by atoms with Gasteiger partial charge in [0.2, 0.25) is 0 Å². The molecule has 0 spiro atoms. The van der Waals surface area contributed by atoms with Gasteiger partial charge in [-0.25, -0.2) is 0 Å². The molecule has 5 nitrogen and oxygen atoms in total. The van der Waals surface area contributed by atoms with Gasteiger partial charge in [0.25, 0.3) is 0 Å². The Morgan fingerprint density at radius 2 is 1.95 bits per heavy atom. The van der Waals surface area contributed by atoms with Crippen molar-refractivity contribution in [2.75, 3.05) is 13.2 Å². The second-order valence-electron chi connectivity index (χ2n) is 4.79. The van der Waals surface area contributed by atoms with Gasteiger partial charge >= 0.3 is 0 Å². The first-order valence-electron chi connectivity index (χ1n) is 6.82. The lowest BCUT2D eigenvalue weighted by molar-refractivity contribution is 0.241. The van der Waals surface area contributed by atoms with E-state index in [1.54, 1.807) is 10.9 Å². The minimum atomic E-state index is 0.0265. The molecule has 0 saturated carbocycles. The molecule has 1 aromatic carbocycles. The number of hydrogen-bond donors (Lipinski definition) is 3. The van der Waals surface area contributed by atoms with E-state index in [1.807, 2.05) is 24.4 Å². The van der Waals surface area contributed by atoms with E-state index in [4.69, 9.17) is 5.11 Å². The van der Waals surface area contributed by atoms with E-state index < -0.39 is 0 Å². The first kappa shape index (κ1) is 14.7. The Balaban J connectivity index is 1.83. The van der Waals surface area contributed by atoms with Gasteiger partial charge in [-0.2, -0.15) is 5.10 Å². The highest BCUT2D eigenvalue weighted by Crippen LogP contribution is 2.04. The number of aliphatic hydroxyl groups is 2. The summed E-state index contributed by atoms with van der Waals surface area (Å²) in [5.41, 5.74) is 2.25. The largest absolute Gasteiger partial charge is 0.395 e. The normalized spacial score (nSPS) is 12.5. The van der Waals surface area contributed by atoms with Gasteiger partial charge in [-0.15, -0.1) is 0 Å². The predicted molar refractivity (Wildman–Crippen MR) is 77.2 cm³/mol. The lowest BCUT2D eigenvalue weighted by Gasteiger charge is -2.15. The Morgan fingerprint density at radius 1 is 1.15 bits per heavy atom. The number of nitrogens with zero attached hydrogens (tertiary/aromatic N) is 2. The quantitative estimate of drug-likeness (QED) is 0.659. The van der Waals surface area contributed by atoms with E-state index in [2.05, 4.69) is 22.5 Å². The first-order chi connectivity index (χ1) is 9.81. The molecule has 20 heavy (non-hydrogen) atoms. The lowest BCUT2D eigenvalue weighted by atomic mass is 10.1. The van der Waals surface area contributed by atoms with Gasteiger partial charge in [0.15, 0.2) is 0 Å². The molecule has 0 radical (unpaired) electrons. The fraction of sp³-hybridized carbons (Fsp3) is 0.400. The zero-order chi connectivity index (χ0) is 14.2. The van der Waals surface area contributed by atoms with Crippen LogP contribution in [0.25, 0.3) is 0 Å². The summed E-state index contributed by atoms with van der Waals surface area (Å²) >= 11 is 0. The lowest BCUT2D eigenvalue weighted by Crippen LogP contribution is -2.33. The van der Waals surface area contributed by atoms with Crippen LogP contribution in [-0.2, 0) is 19.5 Å².